The van der Waals surface area contributed by atoms with E-state index in [0.717, 1.165) is 3.57 Å². The van der Waals surface area contributed by atoms with E-state index in [-0.39, 0.29) is 5.02 Å². The number of halogens is 2. The third kappa shape index (κ3) is 5.21. The molecule has 0 saturated carbocycles. The molecule has 0 aliphatic carbocycles. The fourth-order valence-electron chi connectivity index (χ4n) is 1.28. The molecule has 20 heavy (non-hydrogen) atoms. The lowest BCUT2D eigenvalue weighted by molar-refractivity contribution is -0.145. The Morgan fingerprint density at radius 1 is 1.30 bits per heavy atom. The van der Waals surface area contributed by atoms with E-state index in [2.05, 4.69) is 5.32 Å². The summed E-state index contributed by atoms with van der Waals surface area (Å²) in [5.74, 6) is -2.76. The Morgan fingerprint density at radius 2 is 1.95 bits per heavy atom. The molecule has 0 aromatic heterocycles. The molecule has 0 heterocycles. The fourth-order valence-corrected chi connectivity index (χ4v) is 2.19. The number of hydrogen-bond acceptors (Lipinski definition) is 3. The van der Waals surface area contributed by atoms with Crippen molar-refractivity contribution >= 4 is 57.8 Å². The smallest absolute Gasteiger partial charge is 0.326 e. The van der Waals surface area contributed by atoms with Crippen molar-refractivity contribution < 1.29 is 24.6 Å². The first-order valence-corrected chi connectivity index (χ1v) is 6.72. The van der Waals surface area contributed by atoms with Crippen LogP contribution in [0.3, 0.4) is 0 Å². The van der Waals surface area contributed by atoms with E-state index in [1.54, 1.807) is 18.2 Å². The molecule has 0 fully saturated rings. The standard InChI is InChI=1S/C11H10ClIN2O5/c12-6-3-5(13)1-2-7(6)14-11(20)15-8(10(18)19)4-9(16)17/h1-3,8H,4H2,(H,16,17)(H,18,19)(H2,14,15,20)/t8-/m1/s1. The van der Waals surface area contributed by atoms with Crippen molar-refractivity contribution in [1.29, 1.82) is 0 Å². The third-order valence-corrected chi connectivity index (χ3v) is 3.15. The molecule has 1 aromatic rings. The van der Waals surface area contributed by atoms with Crippen LogP contribution in [0.5, 0.6) is 0 Å². The molecule has 0 aliphatic rings. The van der Waals surface area contributed by atoms with Gasteiger partial charge in [-0.2, -0.15) is 0 Å². The highest BCUT2D eigenvalue weighted by atomic mass is 127. The molecule has 2 amide bonds. The molecule has 0 radical (unpaired) electrons. The SMILES string of the molecule is O=C(O)C[C@@H](NC(=O)Nc1ccc(I)cc1Cl)C(=O)O. The Labute approximate surface area is 132 Å². The summed E-state index contributed by atoms with van der Waals surface area (Å²) < 4.78 is 0.868. The number of aliphatic carboxylic acids is 2. The van der Waals surface area contributed by atoms with Gasteiger partial charge in [-0.25, -0.2) is 9.59 Å². The Hall–Kier alpha value is -1.55. The van der Waals surface area contributed by atoms with Gasteiger partial charge in [0.15, 0.2) is 0 Å². The molecular weight excluding hydrogens is 402 g/mol. The zero-order valence-electron chi connectivity index (χ0n) is 9.89. The van der Waals surface area contributed by atoms with Crippen LogP contribution in [0.4, 0.5) is 10.5 Å². The number of amides is 2. The number of urea groups is 1. The van der Waals surface area contributed by atoms with Crippen LogP contribution in [0.15, 0.2) is 18.2 Å². The average molecular weight is 413 g/mol. The molecule has 0 saturated heterocycles. The Bertz CT molecular complexity index is 552. The minimum atomic E-state index is -1.52. The molecule has 1 atom stereocenters. The quantitative estimate of drug-likeness (QED) is 0.552. The summed E-state index contributed by atoms with van der Waals surface area (Å²) in [6.07, 6.45) is -0.719. The molecule has 0 bridgehead atoms. The Morgan fingerprint density at radius 3 is 2.45 bits per heavy atom. The molecule has 1 rings (SSSR count). The van der Waals surface area contributed by atoms with Gasteiger partial charge in [-0.3, -0.25) is 4.79 Å². The maximum atomic E-state index is 11.6. The molecule has 0 unspecified atom stereocenters. The lowest BCUT2D eigenvalue weighted by atomic mass is 10.2. The van der Waals surface area contributed by atoms with Gasteiger partial charge in [0.2, 0.25) is 0 Å². The van der Waals surface area contributed by atoms with Crippen LogP contribution in [0.2, 0.25) is 5.02 Å². The van der Waals surface area contributed by atoms with Gasteiger partial charge >= 0.3 is 18.0 Å². The monoisotopic (exact) mass is 412 g/mol. The average Bonchev–Trinajstić information content (AvgIpc) is 2.31. The summed E-state index contributed by atoms with van der Waals surface area (Å²) in [5, 5.41) is 22.0. The van der Waals surface area contributed by atoms with Gasteiger partial charge in [0.25, 0.3) is 0 Å². The molecule has 7 nitrogen and oxygen atoms in total. The second-order valence-corrected chi connectivity index (χ2v) is 5.36. The lowest BCUT2D eigenvalue weighted by Crippen LogP contribution is -2.44. The first-order valence-electron chi connectivity index (χ1n) is 5.26. The summed E-state index contributed by atoms with van der Waals surface area (Å²) in [7, 11) is 0. The van der Waals surface area contributed by atoms with Gasteiger partial charge in [0.05, 0.1) is 17.1 Å². The van der Waals surface area contributed by atoms with E-state index in [1.165, 1.54) is 0 Å². The molecular formula is C11H10ClIN2O5. The van der Waals surface area contributed by atoms with E-state index in [9.17, 15) is 14.4 Å². The van der Waals surface area contributed by atoms with Crippen molar-refractivity contribution in [3.8, 4) is 0 Å². The normalized spacial score (nSPS) is 11.5. The maximum absolute atomic E-state index is 11.6. The molecule has 9 heteroatoms. The second-order valence-electron chi connectivity index (χ2n) is 3.71. The van der Waals surface area contributed by atoms with Gasteiger partial charge in [-0.15, -0.1) is 0 Å². The summed E-state index contributed by atoms with van der Waals surface area (Å²) in [6.45, 7) is 0. The van der Waals surface area contributed by atoms with Crippen LogP contribution in [0.1, 0.15) is 6.42 Å². The van der Waals surface area contributed by atoms with Gasteiger partial charge in [-0.1, -0.05) is 11.6 Å². The molecule has 0 aliphatic heterocycles. The highest BCUT2D eigenvalue weighted by Gasteiger charge is 2.23. The number of rotatable bonds is 5. The van der Waals surface area contributed by atoms with Gasteiger partial charge in [-0.05, 0) is 40.8 Å². The Kier molecular flexibility index (Phi) is 6.02. The highest BCUT2D eigenvalue weighted by molar-refractivity contribution is 14.1. The molecule has 108 valence electrons. The van der Waals surface area contributed by atoms with Crippen molar-refractivity contribution in [1.82, 2.24) is 5.32 Å². The predicted molar refractivity (Wildman–Crippen MR) is 80.0 cm³/mol. The summed E-state index contributed by atoms with van der Waals surface area (Å²) in [4.78, 5) is 32.9. The van der Waals surface area contributed by atoms with E-state index in [4.69, 9.17) is 21.8 Å². The van der Waals surface area contributed by atoms with Gasteiger partial charge < -0.3 is 20.8 Å². The highest BCUT2D eigenvalue weighted by Crippen LogP contribution is 2.23. The fraction of sp³-hybridized carbons (Fsp3) is 0.182. The van der Waals surface area contributed by atoms with E-state index in [0.29, 0.717) is 5.69 Å². The van der Waals surface area contributed by atoms with Crippen LogP contribution in [-0.4, -0.2) is 34.2 Å². The topological polar surface area (TPSA) is 116 Å². The number of hydrogen-bond donors (Lipinski definition) is 4. The van der Waals surface area contributed by atoms with Crippen LogP contribution in [0.25, 0.3) is 0 Å². The lowest BCUT2D eigenvalue weighted by Gasteiger charge is -2.14. The largest absolute Gasteiger partial charge is 0.481 e. The molecule has 4 N–H and O–H groups in total. The van der Waals surface area contributed by atoms with Gasteiger partial charge in [0, 0.05) is 3.57 Å². The van der Waals surface area contributed by atoms with Crippen molar-refractivity contribution in [2.75, 3.05) is 5.32 Å². The van der Waals surface area contributed by atoms with Crippen molar-refractivity contribution in [2.24, 2.45) is 0 Å². The Balaban J connectivity index is 2.70. The number of carbonyl (C=O) groups excluding carboxylic acids is 1. The summed E-state index contributed by atoms with van der Waals surface area (Å²) >= 11 is 7.94. The third-order valence-electron chi connectivity index (χ3n) is 2.16. The van der Waals surface area contributed by atoms with E-state index >= 15 is 0 Å². The van der Waals surface area contributed by atoms with Crippen molar-refractivity contribution in [2.45, 2.75) is 12.5 Å². The first-order chi connectivity index (χ1) is 9.29. The van der Waals surface area contributed by atoms with Gasteiger partial charge in [0.1, 0.15) is 6.04 Å². The van der Waals surface area contributed by atoms with Crippen LogP contribution in [0, 0.1) is 3.57 Å². The molecule has 1 aromatic carbocycles. The molecule has 0 spiro atoms. The van der Waals surface area contributed by atoms with E-state index in [1.807, 2.05) is 27.9 Å². The summed E-state index contributed by atoms with van der Waals surface area (Å²) in [5.41, 5.74) is 0.295. The van der Waals surface area contributed by atoms with Crippen LogP contribution >= 0.6 is 34.2 Å². The zero-order chi connectivity index (χ0) is 15.3. The number of carbonyl (C=O) groups is 3. The zero-order valence-corrected chi connectivity index (χ0v) is 12.8. The van der Waals surface area contributed by atoms with Crippen molar-refractivity contribution in [3.05, 3.63) is 26.8 Å². The predicted octanol–water partition coefficient (Wildman–Crippen LogP) is 1.99. The van der Waals surface area contributed by atoms with Crippen LogP contribution in [-0.2, 0) is 9.59 Å². The summed E-state index contributed by atoms with van der Waals surface area (Å²) in [6, 6.07) is 2.51. The number of benzene rings is 1. The number of anilines is 1. The minimum Gasteiger partial charge on any atom is -0.481 e. The second kappa shape index (κ2) is 7.29. The number of nitrogens with one attached hydrogen (secondary N) is 2. The first kappa shape index (κ1) is 16.5. The van der Waals surface area contributed by atoms with Crippen LogP contribution < -0.4 is 10.6 Å². The maximum Gasteiger partial charge on any atom is 0.326 e. The number of carboxylic acids is 2. The minimum absolute atomic E-state index is 0.289. The number of carboxylic acid groups (broad SMARTS) is 2. The van der Waals surface area contributed by atoms with E-state index < -0.39 is 30.4 Å². The van der Waals surface area contributed by atoms with Crippen molar-refractivity contribution in [3.63, 3.8) is 0 Å².